The number of hydrogen-bond donors (Lipinski definition) is 0. The van der Waals surface area contributed by atoms with Crippen LogP contribution in [0.15, 0.2) is 0 Å². The molecule has 0 spiro atoms. The van der Waals surface area contributed by atoms with Gasteiger partial charge in [-0.3, -0.25) is 0 Å². The number of halogens is 1. The molecule has 0 N–H and O–H groups in total. The van der Waals surface area contributed by atoms with E-state index in [2.05, 4.69) is 40.6 Å². The van der Waals surface area contributed by atoms with Crippen molar-refractivity contribution in [3.05, 3.63) is 0 Å². The molecular weight excluding hydrogens is 388 g/mol. The monoisotopic (exact) mass is 430 g/mol. The van der Waals surface area contributed by atoms with E-state index in [-0.39, 0.29) is 18.2 Å². The molecule has 0 saturated carbocycles. The summed E-state index contributed by atoms with van der Waals surface area (Å²) in [6.45, 7) is 11.7. The third-order valence-corrected chi connectivity index (χ3v) is 9.09. The average Bonchev–Trinajstić information content (AvgIpc) is 2.58. The molecule has 0 amide bonds. The molecule has 3 atom stereocenters. The van der Waals surface area contributed by atoms with Crippen LogP contribution in [0.4, 0.5) is 0 Å². The molecule has 0 saturated heterocycles. The molecule has 0 bridgehead atoms. The fourth-order valence-corrected chi connectivity index (χ4v) is 5.01. The van der Waals surface area contributed by atoms with Crippen molar-refractivity contribution >= 4 is 31.1 Å². The summed E-state index contributed by atoms with van der Waals surface area (Å²) in [4.78, 5) is 0. The summed E-state index contributed by atoms with van der Waals surface area (Å²) in [5.74, 6) is 1.68. The van der Waals surface area contributed by atoms with Crippen LogP contribution in [0.3, 0.4) is 0 Å². The van der Waals surface area contributed by atoms with Gasteiger partial charge in [0.05, 0.1) is 0 Å². The molecule has 0 aromatic heterocycles. The Hall–Kier alpha value is 1.17. The average molecular weight is 432 g/mol. The standard InChI is InChI=1S/C21H43O2.BrH.Mg/c1-5-7-8-9-10-11-12-16-22-19-23-17-13-15-21(4)18-20(3)14-6-2;;/h6,20-21H,5,7-19H2,1-4H3;1H;/q;;+1/p-1. The molecule has 2 nitrogen and oxygen atoms in total. The Kier molecular flexibility index (Phi) is 20.8. The minimum atomic E-state index is 0.00124. The zero-order valence-corrected chi connectivity index (χ0v) is 20.5. The maximum absolute atomic E-state index is 5.61. The molecule has 0 rings (SSSR count). The van der Waals surface area contributed by atoms with Crippen LogP contribution in [-0.2, 0) is 9.47 Å². The van der Waals surface area contributed by atoms with Crippen LogP contribution in [0.5, 0.6) is 0 Å². The predicted molar refractivity (Wildman–Crippen MR) is 116 cm³/mol. The molecule has 0 aliphatic rings. The Balaban J connectivity index is 3.27. The van der Waals surface area contributed by atoms with Crippen molar-refractivity contribution < 1.29 is 9.47 Å². The van der Waals surface area contributed by atoms with Crippen LogP contribution >= 0.6 is 12.9 Å². The highest BCUT2D eigenvalue weighted by Gasteiger charge is 2.13. The molecule has 4 heteroatoms. The third kappa shape index (κ3) is 19.7. The van der Waals surface area contributed by atoms with E-state index >= 15 is 0 Å². The van der Waals surface area contributed by atoms with E-state index in [0.717, 1.165) is 35.5 Å². The molecule has 148 valence electrons. The van der Waals surface area contributed by atoms with Gasteiger partial charge in [-0.15, -0.1) is 4.05 Å². The second-order valence-electron chi connectivity index (χ2n) is 8.14. The Morgan fingerprint density at radius 2 is 1.36 bits per heavy atom. The minimum absolute atomic E-state index is 0.00124. The molecule has 3 unspecified atom stereocenters. The highest BCUT2D eigenvalue weighted by Crippen LogP contribution is 2.25. The van der Waals surface area contributed by atoms with Gasteiger partial charge in [-0.25, -0.2) is 0 Å². The van der Waals surface area contributed by atoms with Crippen molar-refractivity contribution in [3.63, 3.8) is 0 Å². The van der Waals surface area contributed by atoms with Crippen LogP contribution in [0, 0.1) is 11.8 Å². The lowest BCUT2D eigenvalue weighted by Gasteiger charge is -2.19. The molecular formula is C21H43BrMgO2. The normalized spacial score (nSPS) is 14.9. The summed E-state index contributed by atoms with van der Waals surface area (Å²) in [6.07, 6.45) is 14.5. The van der Waals surface area contributed by atoms with Gasteiger partial charge in [-0.05, 0) is 37.5 Å². The van der Waals surface area contributed by atoms with Gasteiger partial charge in [-0.2, -0.15) is 0 Å². The fourth-order valence-electron chi connectivity index (χ4n) is 3.52. The van der Waals surface area contributed by atoms with E-state index in [1.54, 1.807) is 0 Å². The molecule has 0 radical (unpaired) electrons. The first kappa shape index (κ1) is 26.2. The second kappa shape index (κ2) is 19.9. The minimum Gasteiger partial charge on any atom is -0.355 e. The van der Waals surface area contributed by atoms with Gasteiger partial charge in [0.25, 0.3) is 0 Å². The van der Waals surface area contributed by atoms with Crippen LogP contribution in [-0.4, -0.2) is 38.2 Å². The van der Waals surface area contributed by atoms with Crippen molar-refractivity contribution in [2.24, 2.45) is 11.8 Å². The SMILES string of the molecule is CCCCCCCCCOCOCCCC(C)CC(C)C[CH](C)[Mg][Br]. The highest BCUT2D eigenvalue weighted by atomic mass is 79.9. The van der Waals surface area contributed by atoms with Crippen molar-refractivity contribution in [2.75, 3.05) is 20.0 Å². The molecule has 0 heterocycles. The Morgan fingerprint density at radius 1 is 0.760 bits per heavy atom. The largest absolute Gasteiger partial charge is 0.471 e. The summed E-state index contributed by atoms with van der Waals surface area (Å²) >= 11 is 3.72. The lowest BCUT2D eigenvalue weighted by atomic mass is 9.91. The van der Waals surface area contributed by atoms with Gasteiger partial charge in [0.1, 0.15) is 6.79 Å². The van der Waals surface area contributed by atoms with Gasteiger partial charge in [0, 0.05) is 13.2 Å². The highest BCUT2D eigenvalue weighted by molar-refractivity contribution is 9.23. The van der Waals surface area contributed by atoms with Crippen LogP contribution in [0.25, 0.3) is 0 Å². The molecule has 25 heavy (non-hydrogen) atoms. The topological polar surface area (TPSA) is 18.5 Å². The fraction of sp³-hybridized carbons (Fsp3) is 1.00. The molecule has 0 fully saturated rings. The van der Waals surface area contributed by atoms with E-state index in [1.165, 1.54) is 64.2 Å². The number of ether oxygens (including phenoxy) is 2. The first-order chi connectivity index (χ1) is 12.1. The Labute approximate surface area is 174 Å². The van der Waals surface area contributed by atoms with Crippen LogP contribution in [0.2, 0.25) is 4.05 Å². The lowest BCUT2D eigenvalue weighted by Crippen LogP contribution is -2.08. The van der Waals surface area contributed by atoms with E-state index < -0.39 is 0 Å². The Bertz CT molecular complexity index is 266. The van der Waals surface area contributed by atoms with E-state index in [9.17, 15) is 0 Å². The van der Waals surface area contributed by atoms with Gasteiger partial charge in [0.2, 0.25) is 0 Å². The van der Waals surface area contributed by atoms with Gasteiger partial charge < -0.3 is 22.4 Å². The molecule has 0 aromatic rings. The Morgan fingerprint density at radius 3 is 2.00 bits per heavy atom. The van der Waals surface area contributed by atoms with Gasteiger partial charge >= 0.3 is 18.2 Å². The quantitative estimate of drug-likeness (QED) is 0.121. The summed E-state index contributed by atoms with van der Waals surface area (Å²) in [5, 5.41) is 0. The van der Waals surface area contributed by atoms with Crippen molar-refractivity contribution in [1.29, 1.82) is 0 Å². The van der Waals surface area contributed by atoms with E-state index in [4.69, 9.17) is 9.47 Å². The zero-order chi connectivity index (χ0) is 18.8. The first-order valence-electron chi connectivity index (χ1n) is 10.8. The van der Waals surface area contributed by atoms with Gasteiger partial charge in [0.15, 0.2) is 0 Å². The number of rotatable bonds is 19. The second-order valence-corrected chi connectivity index (χ2v) is 11.8. The number of hydrogen-bond acceptors (Lipinski definition) is 2. The summed E-state index contributed by atoms with van der Waals surface area (Å²) in [7, 11) is 0. The summed E-state index contributed by atoms with van der Waals surface area (Å²) in [5.41, 5.74) is 0. The smallest absolute Gasteiger partial charge is 0.355 e. The van der Waals surface area contributed by atoms with Crippen molar-refractivity contribution in [1.82, 2.24) is 0 Å². The molecule has 0 aromatic carbocycles. The maximum atomic E-state index is 5.61. The van der Waals surface area contributed by atoms with E-state index in [1.807, 2.05) is 0 Å². The molecule has 0 aliphatic carbocycles. The zero-order valence-electron chi connectivity index (χ0n) is 17.5. The summed E-state index contributed by atoms with van der Waals surface area (Å²) < 4.78 is 12.1. The maximum Gasteiger partial charge on any atom is 0.471 e. The molecule has 0 aliphatic heterocycles. The number of unbranched alkanes of at least 4 members (excludes halogenated alkanes) is 6. The van der Waals surface area contributed by atoms with E-state index in [0.29, 0.717) is 6.79 Å². The van der Waals surface area contributed by atoms with Crippen molar-refractivity contribution in [2.45, 2.75) is 102 Å². The summed E-state index contributed by atoms with van der Waals surface area (Å²) in [6, 6.07) is 0. The third-order valence-electron chi connectivity index (χ3n) is 4.92. The van der Waals surface area contributed by atoms with Crippen molar-refractivity contribution in [3.8, 4) is 0 Å². The lowest BCUT2D eigenvalue weighted by molar-refractivity contribution is -0.0561. The predicted octanol–water partition coefficient (Wildman–Crippen LogP) is 7.38. The first-order valence-corrected chi connectivity index (χ1v) is 15.5. The van der Waals surface area contributed by atoms with Crippen LogP contribution < -0.4 is 0 Å². The van der Waals surface area contributed by atoms with Crippen LogP contribution in [0.1, 0.15) is 98.3 Å². The van der Waals surface area contributed by atoms with Gasteiger partial charge in [-0.1, -0.05) is 72.6 Å².